The summed E-state index contributed by atoms with van der Waals surface area (Å²) in [5.74, 6) is 0.721. The molecule has 0 aromatic carbocycles. The zero-order valence-corrected chi connectivity index (χ0v) is 19.9. The van der Waals surface area contributed by atoms with Gasteiger partial charge in [0.15, 0.2) is 0 Å². The van der Waals surface area contributed by atoms with E-state index in [1.165, 1.54) is 0 Å². The van der Waals surface area contributed by atoms with Gasteiger partial charge in [0, 0.05) is 38.5 Å². The molecule has 5 heteroatoms. The maximum absolute atomic E-state index is 12.1. The molecule has 2 rings (SSSR count). The monoisotopic (exact) mass is 413 g/mol. The van der Waals surface area contributed by atoms with E-state index in [1.807, 2.05) is 34.6 Å². The fourth-order valence-electron chi connectivity index (χ4n) is 4.07. The lowest BCUT2D eigenvalue weighted by Gasteiger charge is -2.28. The number of hydrogen-bond acceptors (Lipinski definition) is 4. The Balaban J connectivity index is 0.00000184. The summed E-state index contributed by atoms with van der Waals surface area (Å²) in [6, 6.07) is 0.249. The normalized spacial score (nSPS) is 26.3. The zero-order chi connectivity index (χ0) is 22.1. The summed E-state index contributed by atoms with van der Waals surface area (Å²) in [6.45, 7) is 10.6. The highest BCUT2D eigenvalue weighted by atomic mass is 16.5. The lowest BCUT2D eigenvalue weighted by atomic mass is 9.83. The van der Waals surface area contributed by atoms with E-state index in [4.69, 9.17) is 9.47 Å². The first kappa shape index (κ1) is 28.1. The summed E-state index contributed by atoms with van der Waals surface area (Å²) < 4.78 is 11.3. The zero-order valence-electron chi connectivity index (χ0n) is 19.9. The Hall–Kier alpha value is -0.940. The van der Waals surface area contributed by atoms with E-state index in [-0.39, 0.29) is 17.9 Å². The van der Waals surface area contributed by atoms with E-state index < -0.39 is 0 Å². The van der Waals surface area contributed by atoms with Crippen LogP contribution in [0, 0.1) is 5.92 Å². The molecule has 0 unspecified atom stereocenters. The van der Waals surface area contributed by atoms with Crippen LogP contribution in [0.15, 0.2) is 0 Å². The van der Waals surface area contributed by atoms with Crippen LogP contribution >= 0.6 is 0 Å². The second-order valence-corrected chi connectivity index (χ2v) is 7.54. The summed E-state index contributed by atoms with van der Waals surface area (Å²) in [4.78, 5) is 23.8. The second kappa shape index (κ2) is 17.9. The molecule has 0 bridgehead atoms. The second-order valence-electron chi connectivity index (χ2n) is 7.54. The van der Waals surface area contributed by atoms with Crippen molar-refractivity contribution in [3.05, 3.63) is 0 Å². The molecule has 2 aliphatic rings. The van der Waals surface area contributed by atoms with Crippen LogP contribution in [0.5, 0.6) is 0 Å². The molecule has 2 saturated carbocycles. The third kappa shape index (κ3) is 11.7. The minimum atomic E-state index is 0.122. The topological polar surface area (TPSA) is 64.6 Å². The quantitative estimate of drug-likeness (QED) is 0.511. The van der Waals surface area contributed by atoms with E-state index in [0.717, 1.165) is 57.8 Å². The van der Waals surface area contributed by atoms with Crippen molar-refractivity contribution < 1.29 is 19.1 Å². The molecule has 0 heterocycles. The van der Waals surface area contributed by atoms with Gasteiger partial charge in [-0.05, 0) is 57.8 Å². The van der Waals surface area contributed by atoms with Gasteiger partial charge >= 0.3 is 0 Å². The minimum Gasteiger partial charge on any atom is -0.381 e. The molecule has 2 aliphatic carbocycles. The lowest BCUT2D eigenvalue weighted by molar-refractivity contribution is -0.124. The van der Waals surface area contributed by atoms with Gasteiger partial charge < -0.3 is 14.8 Å². The van der Waals surface area contributed by atoms with Crippen molar-refractivity contribution in [3.63, 3.8) is 0 Å². The summed E-state index contributed by atoms with van der Waals surface area (Å²) in [5, 5.41) is 3.13. The van der Waals surface area contributed by atoms with Gasteiger partial charge in [-0.1, -0.05) is 34.6 Å². The minimum absolute atomic E-state index is 0.122. The molecule has 5 nitrogen and oxygen atoms in total. The molecule has 29 heavy (non-hydrogen) atoms. The van der Waals surface area contributed by atoms with E-state index in [9.17, 15) is 9.59 Å². The van der Waals surface area contributed by atoms with Crippen molar-refractivity contribution in [3.8, 4) is 0 Å². The molecule has 1 N–H and O–H groups in total. The number of ether oxygens (including phenoxy) is 2. The molecule has 0 aromatic heterocycles. The highest BCUT2D eigenvalue weighted by Crippen LogP contribution is 2.26. The first-order chi connectivity index (χ1) is 14.1. The molecule has 0 spiro atoms. The van der Waals surface area contributed by atoms with Gasteiger partial charge in [-0.2, -0.15) is 0 Å². The highest BCUT2D eigenvalue weighted by molar-refractivity contribution is 5.80. The number of nitrogens with one attached hydrogen (secondary N) is 1. The number of methoxy groups -OCH3 is 1. The summed E-state index contributed by atoms with van der Waals surface area (Å²) in [6.07, 6.45) is 10.6. The third-order valence-electron chi connectivity index (χ3n) is 5.75. The van der Waals surface area contributed by atoms with Crippen molar-refractivity contribution in [1.29, 1.82) is 0 Å². The first-order valence-corrected chi connectivity index (χ1v) is 12.1. The van der Waals surface area contributed by atoms with E-state index in [0.29, 0.717) is 37.4 Å². The Morgan fingerprint density at radius 1 is 0.862 bits per heavy atom. The van der Waals surface area contributed by atoms with Crippen LogP contribution in [0.2, 0.25) is 0 Å². The molecular formula is C24H47NO4. The SMILES string of the molecule is CC.CC.CCC(=O)C1CCC(NC(=O)CCCOC2CCC(OC)CC2)CC1. The van der Waals surface area contributed by atoms with Crippen LogP contribution in [0.25, 0.3) is 0 Å². The van der Waals surface area contributed by atoms with Crippen LogP contribution < -0.4 is 5.32 Å². The lowest BCUT2D eigenvalue weighted by Crippen LogP contribution is -2.38. The molecular weight excluding hydrogens is 366 g/mol. The van der Waals surface area contributed by atoms with E-state index in [2.05, 4.69) is 5.32 Å². The summed E-state index contributed by atoms with van der Waals surface area (Å²) in [7, 11) is 1.78. The van der Waals surface area contributed by atoms with Gasteiger partial charge in [0.05, 0.1) is 12.2 Å². The molecule has 1 amide bonds. The maximum Gasteiger partial charge on any atom is 0.220 e. The summed E-state index contributed by atoms with van der Waals surface area (Å²) in [5.41, 5.74) is 0. The van der Waals surface area contributed by atoms with Gasteiger partial charge in [0.1, 0.15) is 5.78 Å². The molecule has 2 fully saturated rings. The number of carbonyl (C=O) groups excluding carboxylic acids is 2. The molecule has 0 aliphatic heterocycles. The van der Waals surface area contributed by atoms with Gasteiger partial charge in [0.25, 0.3) is 0 Å². The van der Waals surface area contributed by atoms with Crippen LogP contribution in [-0.4, -0.2) is 43.7 Å². The number of Topliss-reactive ketones (excluding diaryl/α,β-unsaturated/α-hetero) is 1. The predicted molar refractivity (Wildman–Crippen MR) is 120 cm³/mol. The maximum atomic E-state index is 12.1. The first-order valence-electron chi connectivity index (χ1n) is 12.1. The molecule has 0 radical (unpaired) electrons. The van der Waals surface area contributed by atoms with Crippen LogP contribution in [0.4, 0.5) is 0 Å². The average molecular weight is 414 g/mol. The number of amides is 1. The molecule has 0 saturated heterocycles. The number of hydrogen-bond donors (Lipinski definition) is 1. The Labute approximate surface area is 179 Å². The predicted octanol–water partition coefficient (Wildman–Crippen LogP) is 5.45. The molecule has 172 valence electrons. The highest BCUT2D eigenvalue weighted by Gasteiger charge is 2.26. The van der Waals surface area contributed by atoms with Crippen LogP contribution in [0.1, 0.15) is 105 Å². The van der Waals surface area contributed by atoms with Crippen molar-refractivity contribution in [1.82, 2.24) is 5.32 Å². The van der Waals surface area contributed by atoms with Gasteiger partial charge in [0.2, 0.25) is 5.91 Å². The van der Waals surface area contributed by atoms with Gasteiger partial charge in [-0.15, -0.1) is 0 Å². The van der Waals surface area contributed by atoms with Crippen molar-refractivity contribution in [2.24, 2.45) is 5.92 Å². The Morgan fingerprint density at radius 3 is 1.93 bits per heavy atom. The van der Waals surface area contributed by atoms with Gasteiger partial charge in [-0.3, -0.25) is 9.59 Å². The average Bonchev–Trinajstić information content (AvgIpc) is 2.80. The largest absolute Gasteiger partial charge is 0.381 e. The molecule has 0 aromatic rings. The molecule has 0 atom stereocenters. The summed E-state index contributed by atoms with van der Waals surface area (Å²) >= 11 is 0. The van der Waals surface area contributed by atoms with Crippen LogP contribution in [0.3, 0.4) is 0 Å². The Kier molecular flexibility index (Phi) is 17.3. The Morgan fingerprint density at radius 2 is 1.41 bits per heavy atom. The number of ketones is 1. The standard InChI is InChI=1S/C20H35NO4.2C2H6/c1-3-19(22)15-6-8-16(9-7-15)21-20(23)5-4-14-25-18-12-10-17(24-2)11-13-18;2*1-2/h15-18H,3-14H2,1-2H3,(H,21,23);2*1-2H3. The third-order valence-corrected chi connectivity index (χ3v) is 5.75. The number of rotatable bonds is 9. The van der Waals surface area contributed by atoms with Crippen molar-refractivity contribution in [2.75, 3.05) is 13.7 Å². The van der Waals surface area contributed by atoms with E-state index in [1.54, 1.807) is 7.11 Å². The fourth-order valence-corrected chi connectivity index (χ4v) is 4.07. The van der Waals surface area contributed by atoms with E-state index >= 15 is 0 Å². The van der Waals surface area contributed by atoms with Crippen molar-refractivity contribution in [2.45, 2.75) is 123 Å². The Bertz CT molecular complexity index is 411. The smallest absolute Gasteiger partial charge is 0.220 e. The van der Waals surface area contributed by atoms with Crippen molar-refractivity contribution >= 4 is 11.7 Å². The van der Waals surface area contributed by atoms with Gasteiger partial charge in [-0.25, -0.2) is 0 Å². The number of carbonyl (C=O) groups is 2. The fraction of sp³-hybridized carbons (Fsp3) is 0.917. The van der Waals surface area contributed by atoms with Crippen LogP contribution in [-0.2, 0) is 19.1 Å².